The van der Waals surface area contributed by atoms with E-state index in [1.54, 1.807) is 46.2 Å². The molecule has 0 aliphatic carbocycles. The van der Waals surface area contributed by atoms with E-state index in [2.05, 4.69) is 36.2 Å². The first-order valence-electron chi connectivity index (χ1n) is 15.3. The van der Waals surface area contributed by atoms with Gasteiger partial charge in [-0.05, 0) is 55.7 Å². The van der Waals surface area contributed by atoms with Gasteiger partial charge in [0.1, 0.15) is 18.0 Å². The van der Waals surface area contributed by atoms with Crippen LogP contribution >= 0.6 is 0 Å². The first kappa shape index (κ1) is 30.9. The van der Waals surface area contributed by atoms with Crippen molar-refractivity contribution in [1.82, 2.24) is 25.1 Å². The Hall–Kier alpha value is -4.57. The maximum absolute atomic E-state index is 14.4. The van der Waals surface area contributed by atoms with Crippen molar-refractivity contribution in [2.24, 2.45) is 0 Å². The van der Waals surface area contributed by atoms with Crippen molar-refractivity contribution < 1.29 is 19.5 Å². The number of rotatable bonds is 9. The van der Waals surface area contributed by atoms with Crippen molar-refractivity contribution in [2.45, 2.75) is 52.0 Å². The number of benzene rings is 3. The molecule has 5 rings (SSSR count). The maximum Gasteiger partial charge on any atom is 0.334 e. The van der Waals surface area contributed by atoms with Gasteiger partial charge in [-0.3, -0.25) is 9.59 Å². The van der Waals surface area contributed by atoms with Crippen LogP contribution in [-0.2, 0) is 22.6 Å². The Morgan fingerprint density at radius 3 is 2.30 bits per heavy atom. The van der Waals surface area contributed by atoms with Crippen LogP contribution in [0.5, 0.6) is 5.75 Å². The summed E-state index contributed by atoms with van der Waals surface area (Å²) in [6, 6.07) is 23.0. The highest BCUT2D eigenvalue weighted by atomic mass is 16.3. The van der Waals surface area contributed by atoms with E-state index in [1.807, 2.05) is 54.3 Å². The van der Waals surface area contributed by atoms with Crippen LogP contribution in [0.1, 0.15) is 43.5 Å². The molecule has 2 fully saturated rings. The first-order valence-corrected chi connectivity index (χ1v) is 15.3. The first-order chi connectivity index (χ1) is 21.2. The smallest absolute Gasteiger partial charge is 0.334 e. The van der Waals surface area contributed by atoms with E-state index in [9.17, 15) is 19.5 Å². The lowest BCUT2D eigenvalue weighted by Crippen LogP contribution is -2.76. The summed E-state index contributed by atoms with van der Waals surface area (Å²) < 4.78 is 0. The quantitative estimate of drug-likeness (QED) is 0.387. The van der Waals surface area contributed by atoms with Gasteiger partial charge in [0.25, 0.3) is 0 Å². The maximum atomic E-state index is 14.4. The molecule has 10 nitrogen and oxygen atoms in total. The molecule has 3 aromatic carbocycles. The molecule has 0 aromatic heterocycles. The predicted molar refractivity (Wildman–Crippen MR) is 170 cm³/mol. The number of urea groups is 1. The normalized spacial score (nSPS) is 19.5. The van der Waals surface area contributed by atoms with Crippen molar-refractivity contribution >= 4 is 23.5 Å². The summed E-state index contributed by atoms with van der Waals surface area (Å²) >= 11 is 0. The highest BCUT2D eigenvalue weighted by molar-refractivity contribution is 5.92. The number of carbonyl (C=O) groups is 3. The summed E-state index contributed by atoms with van der Waals surface area (Å²) in [4.78, 5) is 47.6. The van der Waals surface area contributed by atoms with Crippen molar-refractivity contribution in [3.8, 4) is 5.75 Å². The highest BCUT2D eigenvalue weighted by Crippen LogP contribution is 2.36. The predicted octanol–water partition coefficient (Wildman–Crippen LogP) is 3.98. The Morgan fingerprint density at radius 1 is 0.955 bits per heavy atom. The van der Waals surface area contributed by atoms with Gasteiger partial charge in [-0.1, -0.05) is 60.7 Å². The number of likely N-dealkylation sites (N-methyl/N-ethyl adjacent to an activating group) is 1. The van der Waals surface area contributed by atoms with Crippen molar-refractivity contribution in [3.63, 3.8) is 0 Å². The van der Waals surface area contributed by atoms with E-state index >= 15 is 0 Å². The van der Waals surface area contributed by atoms with Gasteiger partial charge in [-0.15, -0.1) is 0 Å². The Labute approximate surface area is 259 Å². The van der Waals surface area contributed by atoms with Gasteiger partial charge in [0, 0.05) is 38.8 Å². The molecule has 44 heavy (non-hydrogen) atoms. The van der Waals surface area contributed by atoms with E-state index < -0.39 is 12.2 Å². The summed E-state index contributed by atoms with van der Waals surface area (Å²) in [5, 5.41) is 16.1. The number of piperazine rings is 1. The Morgan fingerprint density at radius 2 is 1.61 bits per heavy atom. The number of para-hydroxylation sites is 1. The number of hydrogen-bond donors (Lipinski definition) is 2. The molecule has 2 aliphatic heterocycles. The van der Waals surface area contributed by atoms with Crippen LogP contribution < -0.4 is 10.2 Å². The van der Waals surface area contributed by atoms with Crippen LogP contribution in [0.4, 0.5) is 10.5 Å². The average Bonchev–Trinajstić information content (AvgIpc) is 3.03. The number of nitrogens with zero attached hydrogens (tertiary/aromatic N) is 5. The molecule has 0 unspecified atom stereocenters. The van der Waals surface area contributed by atoms with E-state index in [-0.39, 0.29) is 49.1 Å². The monoisotopic (exact) mass is 598 g/mol. The Balaban J connectivity index is 1.52. The topological polar surface area (TPSA) is 99.7 Å². The molecule has 4 amide bonds. The van der Waals surface area contributed by atoms with E-state index in [0.29, 0.717) is 6.54 Å². The van der Waals surface area contributed by atoms with Gasteiger partial charge >= 0.3 is 6.03 Å². The van der Waals surface area contributed by atoms with Crippen molar-refractivity contribution in [1.29, 1.82) is 0 Å². The number of amides is 4. The standard InChI is InChI=1S/C34H42N6O4/c1-5-37(6-2)29-15-11-10-14-28(29)24(3)38-22-31-39(30(33(38)43)20-25-16-18-27(41)19-17-25)32(42)23-36(4)40(31)34(44)35-21-26-12-8-7-9-13-26/h7-19,24,30-31,41H,5-6,20-23H2,1-4H3,(H,35,44)/t24-,30-,31-/m0/s1. The second-order valence-corrected chi connectivity index (χ2v) is 11.4. The Kier molecular flexibility index (Phi) is 9.39. The minimum Gasteiger partial charge on any atom is -0.508 e. The lowest BCUT2D eigenvalue weighted by atomic mass is 9.95. The number of hydrogen-bond acceptors (Lipinski definition) is 6. The third-order valence-corrected chi connectivity index (χ3v) is 8.71. The van der Waals surface area contributed by atoms with Crippen molar-refractivity contribution in [3.05, 3.63) is 95.6 Å². The fourth-order valence-corrected chi connectivity index (χ4v) is 6.38. The number of nitrogens with one attached hydrogen (secondary N) is 1. The third kappa shape index (κ3) is 6.21. The number of fused-ring (bicyclic) bond motifs is 1. The van der Waals surface area contributed by atoms with Crippen LogP contribution in [0.2, 0.25) is 0 Å². The number of phenolic OH excluding ortho intramolecular Hbond substituents is 1. The molecule has 0 radical (unpaired) electrons. The minimum atomic E-state index is -0.827. The van der Waals surface area contributed by atoms with Crippen molar-refractivity contribution in [2.75, 3.05) is 38.1 Å². The zero-order chi connectivity index (χ0) is 31.4. The molecule has 2 saturated heterocycles. The second kappa shape index (κ2) is 13.4. The Bertz CT molecular complexity index is 1460. The summed E-state index contributed by atoms with van der Waals surface area (Å²) in [7, 11) is 1.73. The zero-order valence-electron chi connectivity index (χ0n) is 25.9. The van der Waals surface area contributed by atoms with Gasteiger partial charge in [0.15, 0.2) is 0 Å². The zero-order valence-corrected chi connectivity index (χ0v) is 25.9. The molecule has 2 aliphatic rings. The van der Waals surface area contributed by atoms with Crippen LogP contribution in [-0.4, -0.2) is 88.2 Å². The highest BCUT2D eigenvalue weighted by Gasteiger charge is 2.51. The molecule has 232 valence electrons. The molecule has 10 heteroatoms. The van der Waals surface area contributed by atoms with Gasteiger partial charge in [0.2, 0.25) is 11.8 Å². The average molecular weight is 599 g/mol. The lowest BCUT2D eigenvalue weighted by molar-refractivity contribution is -0.189. The molecule has 2 heterocycles. The molecular formula is C34H42N6O4. The molecule has 0 bridgehead atoms. The molecular weight excluding hydrogens is 556 g/mol. The van der Waals surface area contributed by atoms with Gasteiger partial charge in [-0.25, -0.2) is 14.8 Å². The molecule has 0 saturated carbocycles. The third-order valence-electron chi connectivity index (χ3n) is 8.71. The molecule has 2 N–H and O–H groups in total. The number of phenols is 1. The number of aromatic hydroxyl groups is 1. The largest absolute Gasteiger partial charge is 0.508 e. The van der Waals surface area contributed by atoms with Gasteiger partial charge in [-0.2, -0.15) is 0 Å². The van der Waals surface area contributed by atoms with Gasteiger partial charge < -0.3 is 25.1 Å². The van der Waals surface area contributed by atoms with Gasteiger partial charge in [0.05, 0.1) is 19.1 Å². The number of hydrazine groups is 1. The molecule has 3 aromatic rings. The van der Waals surface area contributed by atoms with E-state index in [4.69, 9.17) is 0 Å². The SMILES string of the molecule is CCN(CC)c1ccccc1[C@H](C)N1C[C@H]2N(C(=O)CN(C)N2C(=O)NCc2ccccc2)[C@@H](Cc2ccc(O)cc2)C1=O. The lowest BCUT2D eigenvalue weighted by Gasteiger charge is -2.55. The number of carbonyl (C=O) groups excluding carboxylic acids is 3. The minimum absolute atomic E-state index is 0.0328. The van der Waals surface area contributed by atoms with Crippen LogP contribution in [0.25, 0.3) is 0 Å². The van der Waals surface area contributed by atoms with Crippen LogP contribution in [0.3, 0.4) is 0 Å². The van der Waals surface area contributed by atoms with Crippen LogP contribution in [0.15, 0.2) is 78.9 Å². The number of anilines is 1. The van der Waals surface area contributed by atoms with Crippen LogP contribution in [0, 0.1) is 0 Å². The summed E-state index contributed by atoms with van der Waals surface area (Å²) in [6.07, 6.45) is -0.453. The molecule has 0 spiro atoms. The fourth-order valence-electron chi connectivity index (χ4n) is 6.38. The van der Waals surface area contributed by atoms with E-state index in [1.165, 1.54) is 0 Å². The van der Waals surface area contributed by atoms with E-state index in [0.717, 1.165) is 35.5 Å². The summed E-state index contributed by atoms with van der Waals surface area (Å²) in [5.74, 6) is -0.252. The fraction of sp³-hybridized carbons (Fsp3) is 0.382. The summed E-state index contributed by atoms with van der Waals surface area (Å²) in [5.41, 5.74) is 3.84. The summed E-state index contributed by atoms with van der Waals surface area (Å²) in [6.45, 7) is 8.34. The molecule has 3 atom stereocenters. The second-order valence-electron chi connectivity index (χ2n) is 11.4.